The summed E-state index contributed by atoms with van der Waals surface area (Å²) in [6.07, 6.45) is 1.35. The molecule has 0 aliphatic rings. The van der Waals surface area contributed by atoms with Gasteiger partial charge in [0.2, 0.25) is 0 Å². The molecule has 0 fully saturated rings. The van der Waals surface area contributed by atoms with Crippen LogP contribution in [0, 0.1) is 0 Å². The predicted octanol–water partition coefficient (Wildman–Crippen LogP) is 2.51. The van der Waals surface area contributed by atoms with Gasteiger partial charge in [-0.2, -0.15) is 4.73 Å². The molecule has 0 unspecified atom stereocenters. The van der Waals surface area contributed by atoms with E-state index in [2.05, 4.69) is 9.98 Å². The summed E-state index contributed by atoms with van der Waals surface area (Å²) in [5.41, 5.74) is 2.12. The number of hydrogen-bond donors (Lipinski definition) is 1. The first kappa shape index (κ1) is 10.5. The van der Waals surface area contributed by atoms with Gasteiger partial charge in [-0.3, -0.25) is 0 Å². The fourth-order valence-electron chi connectivity index (χ4n) is 1.82. The summed E-state index contributed by atoms with van der Waals surface area (Å²) in [5.74, 6) is 0. The molecule has 0 radical (unpaired) electrons. The largest absolute Gasteiger partial charge is 0.427 e. The summed E-state index contributed by atoms with van der Waals surface area (Å²) in [7, 11) is 0. The number of nitrogens with zero attached hydrogens (tertiary/aromatic N) is 3. The second-order valence-corrected chi connectivity index (χ2v) is 3.88. The second kappa shape index (κ2) is 4.33. The van der Waals surface area contributed by atoms with E-state index in [1.54, 1.807) is 0 Å². The number of fused-ring (bicyclic) bond motifs is 1. The van der Waals surface area contributed by atoms with Gasteiger partial charge in [0.05, 0.1) is 11.2 Å². The maximum Gasteiger partial charge on any atom is 0.163 e. The first-order valence-electron chi connectivity index (χ1n) is 5.60. The van der Waals surface area contributed by atoms with Crippen molar-refractivity contribution < 1.29 is 5.21 Å². The average Bonchev–Trinajstić information content (AvgIpc) is 2.44. The van der Waals surface area contributed by atoms with Crippen LogP contribution in [0.3, 0.4) is 0 Å². The first-order valence-corrected chi connectivity index (χ1v) is 5.60. The predicted molar refractivity (Wildman–Crippen MR) is 68.6 cm³/mol. The summed E-state index contributed by atoms with van der Waals surface area (Å²) in [4.78, 5) is 8.62. The van der Waals surface area contributed by atoms with Gasteiger partial charge in [0.25, 0.3) is 0 Å². The number of para-hydroxylation sites is 2. The minimum absolute atomic E-state index is 0.599. The number of aromatic nitrogens is 2. The molecule has 0 atom stereocenters. The Kier molecular flexibility index (Phi) is 2.53. The molecule has 0 amide bonds. The highest BCUT2D eigenvalue weighted by Gasteiger charge is 2.00. The van der Waals surface area contributed by atoms with E-state index in [1.807, 2.05) is 54.6 Å². The van der Waals surface area contributed by atoms with Gasteiger partial charge in [0.1, 0.15) is 6.33 Å². The Hall–Kier alpha value is -2.62. The van der Waals surface area contributed by atoms with Crippen LogP contribution in [0.1, 0.15) is 0 Å². The van der Waals surface area contributed by atoms with Crippen LogP contribution in [0.5, 0.6) is 0 Å². The maximum atomic E-state index is 9.67. The first-order chi connectivity index (χ1) is 8.84. The van der Waals surface area contributed by atoms with Crippen LogP contribution in [0.15, 0.2) is 65.9 Å². The molecule has 0 aliphatic heterocycles. The average molecular weight is 237 g/mol. The highest BCUT2D eigenvalue weighted by atomic mass is 16.5. The molecule has 4 nitrogen and oxygen atoms in total. The molecule has 18 heavy (non-hydrogen) atoms. The van der Waals surface area contributed by atoms with Crippen LogP contribution in [0.25, 0.3) is 10.9 Å². The highest BCUT2D eigenvalue weighted by Crippen LogP contribution is 2.10. The van der Waals surface area contributed by atoms with Gasteiger partial charge >= 0.3 is 0 Å². The normalized spacial score (nSPS) is 11.9. The lowest BCUT2D eigenvalue weighted by molar-refractivity contribution is 0.194. The van der Waals surface area contributed by atoms with Crippen molar-refractivity contribution >= 4 is 16.6 Å². The summed E-state index contributed by atoms with van der Waals surface area (Å²) < 4.78 is 0.999. The van der Waals surface area contributed by atoms with Crippen LogP contribution in [0.2, 0.25) is 0 Å². The summed E-state index contributed by atoms with van der Waals surface area (Å²) >= 11 is 0. The molecule has 0 saturated carbocycles. The molecule has 1 aromatic heterocycles. The van der Waals surface area contributed by atoms with E-state index in [-0.39, 0.29) is 0 Å². The second-order valence-electron chi connectivity index (χ2n) is 3.88. The third kappa shape index (κ3) is 1.84. The number of rotatable bonds is 1. The minimum atomic E-state index is 0.599. The SMILES string of the molecule is On1cnc(=Nc2ccccc2)c2ccccc21. The molecule has 1 heterocycles. The standard InChI is InChI=1S/C14H11N3O/c18-17-10-15-14(12-8-4-5-9-13(12)17)16-11-6-2-1-3-7-11/h1-10,18H. The van der Waals surface area contributed by atoms with Crippen LogP contribution >= 0.6 is 0 Å². The third-order valence-electron chi connectivity index (χ3n) is 2.67. The van der Waals surface area contributed by atoms with Crippen molar-refractivity contribution in [3.8, 4) is 0 Å². The topological polar surface area (TPSA) is 50.4 Å². The lowest BCUT2D eigenvalue weighted by Gasteiger charge is -2.02. The Labute approximate surface area is 103 Å². The van der Waals surface area contributed by atoms with E-state index >= 15 is 0 Å². The van der Waals surface area contributed by atoms with Crippen LogP contribution in [0.4, 0.5) is 5.69 Å². The van der Waals surface area contributed by atoms with Crippen molar-refractivity contribution in [2.75, 3.05) is 0 Å². The van der Waals surface area contributed by atoms with E-state index in [0.717, 1.165) is 15.8 Å². The smallest absolute Gasteiger partial charge is 0.163 e. The molecule has 0 bridgehead atoms. The summed E-state index contributed by atoms with van der Waals surface area (Å²) in [6.45, 7) is 0. The van der Waals surface area contributed by atoms with E-state index in [4.69, 9.17) is 0 Å². The van der Waals surface area contributed by atoms with Crippen LogP contribution in [-0.4, -0.2) is 14.9 Å². The van der Waals surface area contributed by atoms with Gasteiger partial charge in [-0.25, -0.2) is 9.98 Å². The maximum absolute atomic E-state index is 9.67. The summed E-state index contributed by atoms with van der Waals surface area (Å²) in [6, 6.07) is 17.1. The van der Waals surface area contributed by atoms with Crippen LogP contribution in [-0.2, 0) is 0 Å². The van der Waals surface area contributed by atoms with Crippen molar-refractivity contribution in [1.29, 1.82) is 0 Å². The third-order valence-corrected chi connectivity index (χ3v) is 2.67. The zero-order valence-corrected chi connectivity index (χ0v) is 9.56. The molecule has 1 N–H and O–H groups in total. The number of benzene rings is 2. The Balaban J connectivity index is 2.31. The molecule has 3 aromatic rings. The van der Waals surface area contributed by atoms with Crippen molar-refractivity contribution in [2.45, 2.75) is 0 Å². The van der Waals surface area contributed by atoms with Gasteiger partial charge in [-0.1, -0.05) is 30.3 Å². The van der Waals surface area contributed by atoms with Crippen LogP contribution < -0.4 is 5.49 Å². The fourth-order valence-corrected chi connectivity index (χ4v) is 1.82. The van der Waals surface area contributed by atoms with E-state index < -0.39 is 0 Å². The molecule has 0 aliphatic carbocycles. The zero-order chi connectivity index (χ0) is 12.4. The monoisotopic (exact) mass is 237 g/mol. The number of hydrogen-bond acceptors (Lipinski definition) is 3. The Morgan fingerprint density at radius 1 is 0.944 bits per heavy atom. The molecule has 0 saturated heterocycles. The Bertz CT molecular complexity index is 748. The van der Waals surface area contributed by atoms with Gasteiger partial charge in [-0.15, -0.1) is 0 Å². The minimum Gasteiger partial charge on any atom is -0.427 e. The van der Waals surface area contributed by atoms with Gasteiger partial charge in [0.15, 0.2) is 5.49 Å². The molecule has 4 heteroatoms. The highest BCUT2D eigenvalue weighted by molar-refractivity contribution is 5.77. The molecular formula is C14H11N3O. The zero-order valence-electron chi connectivity index (χ0n) is 9.56. The quantitative estimate of drug-likeness (QED) is 0.661. The Morgan fingerprint density at radius 2 is 1.67 bits per heavy atom. The van der Waals surface area contributed by atoms with E-state index in [9.17, 15) is 5.21 Å². The van der Waals surface area contributed by atoms with Gasteiger partial charge in [-0.05, 0) is 24.3 Å². The molecule has 88 valence electrons. The van der Waals surface area contributed by atoms with Gasteiger partial charge < -0.3 is 5.21 Å². The molecular weight excluding hydrogens is 226 g/mol. The molecule has 3 rings (SSSR count). The van der Waals surface area contributed by atoms with E-state index in [1.165, 1.54) is 6.33 Å². The lowest BCUT2D eigenvalue weighted by Crippen LogP contribution is -2.12. The van der Waals surface area contributed by atoms with Crippen molar-refractivity contribution in [3.63, 3.8) is 0 Å². The van der Waals surface area contributed by atoms with Crippen molar-refractivity contribution in [2.24, 2.45) is 4.99 Å². The van der Waals surface area contributed by atoms with Gasteiger partial charge in [0, 0.05) is 5.39 Å². The summed E-state index contributed by atoms with van der Waals surface area (Å²) in [5, 5.41) is 10.5. The lowest BCUT2D eigenvalue weighted by atomic mass is 10.2. The Morgan fingerprint density at radius 3 is 2.50 bits per heavy atom. The fraction of sp³-hybridized carbons (Fsp3) is 0. The molecule has 2 aromatic carbocycles. The molecule has 0 spiro atoms. The van der Waals surface area contributed by atoms with Crippen molar-refractivity contribution in [3.05, 3.63) is 66.4 Å². The van der Waals surface area contributed by atoms with E-state index in [0.29, 0.717) is 11.0 Å². The van der Waals surface area contributed by atoms with Crippen molar-refractivity contribution in [1.82, 2.24) is 9.71 Å².